The molecule has 1 aromatic heterocycles. The first-order chi connectivity index (χ1) is 12.1. The van der Waals surface area contributed by atoms with E-state index in [-0.39, 0.29) is 5.82 Å². The van der Waals surface area contributed by atoms with Gasteiger partial charge in [-0.05, 0) is 84.7 Å². The van der Waals surface area contributed by atoms with Gasteiger partial charge in [0.25, 0.3) is 0 Å². The molecule has 0 saturated heterocycles. The van der Waals surface area contributed by atoms with E-state index in [2.05, 4.69) is 22.9 Å². The monoisotopic (exact) mass is 445 g/mol. The van der Waals surface area contributed by atoms with Crippen LogP contribution in [0.5, 0.6) is 0 Å². The third-order valence-electron chi connectivity index (χ3n) is 5.02. The molecule has 1 fully saturated rings. The summed E-state index contributed by atoms with van der Waals surface area (Å²) in [5.74, 6) is 0.804. The minimum absolute atomic E-state index is 0.192. The third kappa shape index (κ3) is 2.78. The Balaban J connectivity index is 1.87. The molecule has 1 aliphatic rings. The van der Waals surface area contributed by atoms with Crippen molar-refractivity contribution in [2.45, 2.75) is 32.2 Å². The largest absolute Gasteiger partial charge is 0.341 e. The molecule has 0 amide bonds. The fraction of sp³-hybridized carbons (Fsp3) is 0.250. The second kappa shape index (κ2) is 6.34. The van der Waals surface area contributed by atoms with Crippen LogP contribution in [0.3, 0.4) is 0 Å². The number of aromatic nitrogens is 1. The van der Waals surface area contributed by atoms with Gasteiger partial charge in [0.2, 0.25) is 0 Å². The van der Waals surface area contributed by atoms with E-state index >= 15 is 0 Å². The Kier molecular flexibility index (Phi) is 4.16. The standard InChI is InChI=1S/C20H17FIN3/c1-12-16-7-5-13(11-23)9-19(16)24-20(12)25(14-3-2-4-14)15-6-8-18(22)17(21)10-15/h5-10,14,24H,2-4H2,1H3. The number of hydrogen-bond donors (Lipinski definition) is 1. The number of nitriles is 1. The summed E-state index contributed by atoms with van der Waals surface area (Å²) in [5, 5.41) is 10.2. The lowest BCUT2D eigenvalue weighted by Crippen LogP contribution is -2.37. The van der Waals surface area contributed by atoms with Gasteiger partial charge in [0.1, 0.15) is 11.6 Å². The zero-order chi connectivity index (χ0) is 17.6. The third-order valence-corrected chi connectivity index (χ3v) is 5.90. The van der Waals surface area contributed by atoms with E-state index in [0.717, 1.165) is 40.8 Å². The lowest BCUT2D eigenvalue weighted by atomic mass is 9.90. The van der Waals surface area contributed by atoms with Gasteiger partial charge < -0.3 is 9.88 Å². The number of hydrogen-bond acceptors (Lipinski definition) is 2. The molecule has 4 rings (SSSR count). The van der Waals surface area contributed by atoms with Crippen molar-refractivity contribution in [1.29, 1.82) is 5.26 Å². The molecule has 0 unspecified atom stereocenters. The van der Waals surface area contributed by atoms with E-state index < -0.39 is 0 Å². The molecule has 2 aromatic carbocycles. The maximum absolute atomic E-state index is 14.2. The molecule has 3 nitrogen and oxygen atoms in total. The van der Waals surface area contributed by atoms with Crippen LogP contribution in [-0.4, -0.2) is 11.0 Å². The summed E-state index contributed by atoms with van der Waals surface area (Å²) in [6, 6.07) is 13.7. The Morgan fingerprint density at radius 1 is 1.24 bits per heavy atom. The van der Waals surface area contributed by atoms with E-state index in [1.165, 1.54) is 6.42 Å². The van der Waals surface area contributed by atoms with E-state index in [1.54, 1.807) is 6.07 Å². The lowest BCUT2D eigenvalue weighted by Gasteiger charge is -2.39. The molecule has 0 spiro atoms. The molecule has 1 saturated carbocycles. The van der Waals surface area contributed by atoms with Crippen LogP contribution in [0.25, 0.3) is 10.9 Å². The summed E-state index contributed by atoms with van der Waals surface area (Å²) < 4.78 is 14.8. The van der Waals surface area contributed by atoms with Gasteiger partial charge in [-0.15, -0.1) is 0 Å². The van der Waals surface area contributed by atoms with Crippen LogP contribution in [-0.2, 0) is 0 Å². The first-order valence-electron chi connectivity index (χ1n) is 8.35. The minimum atomic E-state index is -0.192. The number of benzene rings is 2. The lowest BCUT2D eigenvalue weighted by molar-refractivity contribution is 0.409. The number of nitrogens with zero attached hydrogens (tertiary/aromatic N) is 2. The summed E-state index contributed by atoms with van der Waals surface area (Å²) >= 11 is 2.01. The molecule has 0 bridgehead atoms. The van der Waals surface area contributed by atoms with E-state index in [9.17, 15) is 4.39 Å². The highest BCUT2D eigenvalue weighted by atomic mass is 127. The number of aromatic amines is 1. The molecule has 0 radical (unpaired) electrons. The fourth-order valence-corrected chi connectivity index (χ4v) is 3.77. The Morgan fingerprint density at radius 3 is 2.68 bits per heavy atom. The summed E-state index contributed by atoms with van der Waals surface area (Å²) in [7, 11) is 0. The van der Waals surface area contributed by atoms with Crippen molar-refractivity contribution in [3.63, 3.8) is 0 Å². The first-order valence-corrected chi connectivity index (χ1v) is 9.43. The van der Waals surface area contributed by atoms with Crippen LogP contribution in [0.15, 0.2) is 36.4 Å². The molecule has 0 atom stereocenters. The van der Waals surface area contributed by atoms with Crippen molar-refractivity contribution in [2.75, 3.05) is 4.90 Å². The molecule has 25 heavy (non-hydrogen) atoms. The van der Waals surface area contributed by atoms with Crippen molar-refractivity contribution in [3.05, 3.63) is 56.9 Å². The molecule has 5 heteroatoms. The van der Waals surface area contributed by atoms with E-state index in [0.29, 0.717) is 15.2 Å². The van der Waals surface area contributed by atoms with Gasteiger partial charge in [0, 0.05) is 26.2 Å². The highest BCUT2D eigenvalue weighted by Gasteiger charge is 2.29. The van der Waals surface area contributed by atoms with E-state index in [1.807, 2.05) is 52.9 Å². The quantitative estimate of drug-likeness (QED) is 0.520. The van der Waals surface area contributed by atoms with E-state index in [4.69, 9.17) is 5.26 Å². The highest BCUT2D eigenvalue weighted by molar-refractivity contribution is 14.1. The highest BCUT2D eigenvalue weighted by Crippen LogP contribution is 2.40. The normalized spacial score (nSPS) is 14.3. The predicted octanol–water partition coefficient (Wildman–Crippen LogP) is 5.78. The molecular weight excluding hydrogens is 428 g/mol. The van der Waals surface area contributed by atoms with Gasteiger partial charge in [-0.1, -0.05) is 6.07 Å². The minimum Gasteiger partial charge on any atom is -0.341 e. The van der Waals surface area contributed by atoms with Gasteiger partial charge in [-0.25, -0.2) is 4.39 Å². The fourth-order valence-electron chi connectivity index (χ4n) is 3.44. The summed E-state index contributed by atoms with van der Waals surface area (Å²) in [4.78, 5) is 5.70. The molecule has 1 aliphatic carbocycles. The number of H-pyrrole nitrogens is 1. The predicted molar refractivity (Wildman–Crippen MR) is 107 cm³/mol. The number of fused-ring (bicyclic) bond motifs is 1. The summed E-state index contributed by atoms with van der Waals surface area (Å²) in [5.41, 5.74) is 3.58. The maximum atomic E-state index is 14.2. The van der Waals surface area contributed by atoms with Gasteiger partial charge >= 0.3 is 0 Å². The van der Waals surface area contributed by atoms with Crippen molar-refractivity contribution in [2.24, 2.45) is 0 Å². The topological polar surface area (TPSA) is 42.8 Å². The second-order valence-electron chi connectivity index (χ2n) is 6.52. The van der Waals surface area contributed by atoms with Gasteiger partial charge in [-0.2, -0.15) is 5.26 Å². The van der Waals surface area contributed by atoms with Crippen LogP contribution in [0, 0.1) is 27.6 Å². The van der Waals surface area contributed by atoms with Crippen molar-refractivity contribution in [1.82, 2.24) is 4.98 Å². The molecule has 126 valence electrons. The number of halogens is 2. The smallest absolute Gasteiger partial charge is 0.138 e. The van der Waals surface area contributed by atoms with Crippen molar-refractivity contribution >= 4 is 45.0 Å². The SMILES string of the molecule is Cc1c(N(c2ccc(I)c(F)c2)C2CCC2)[nH]c2cc(C#N)ccc12. The molecule has 0 aliphatic heterocycles. The average molecular weight is 445 g/mol. The van der Waals surface area contributed by atoms with Crippen molar-refractivity contribution in [3.8, 4) is 6.07 Å². The zero-order valence-corrected chi connectivity index (χ0v) is 16.0. The average Bonchev–Trinajstić information content (AvgIpc) is 2.89. The number of rotatable bonds is 3. The molecule has 3 aromatic rings. The van der Waals surface area contributed by atoms with Gasteiger partial charge in [0.15, 0.2) is 0 Å². The molecule has 1 heterocycles. The number of nitrogens with one attached hydrogen (secondary N) is 1. The van der Waals surface area contributed by atoms with Crippen LogP contribution >= 0.6 is 22.6 Å². The molecular formula is C20H17FIN3. The second-order valence-corrected chi connectivity index (χ2v) is 7.69. The Hall–Kier alpha value is -2.07. The van der Waals surface area contributed by atoms with Gasteiger partial charge in [-0.3, -0.25) is 0 Å². The maximum Gasteiger partial charge on any atom is 0.138 e. The Bertz CT molecular complexity index is 998. The van der Waals surface area contributed by atoms with Gasteiger partial charge in [0.05, 0.1) is 11.6 Å². The van der Waals surface area contributed by atoms with Crippen LogP contribution in [0.1, 0.15) is 30.4 Å². The number of anilines is 2. The van der Waals surface area contributed by atoms with Crippen LogP contribution < -0.4 is 4.90 Å². The Labute approximate surface area is 159 Å². The first kappa shape index (κ1) is 16.4. The van der Waals surface area contributed by atoms with Crippen molar-refractivity contribution < 1.29 is 4.39 Å². The number of aryl methyl sites for hydroxylation is 1. The van der Waals surface area contributed by atoms with Crippen LogP contribution in [0.4, 0.5) is 15.9 Å². The summed E-state index contributed by atoms with van der Waals surface area (Å²) in [6.07, 6.45) is 3.41. The molecule has 1 N–H and O–H groups in total. The summed E-state index contributed by atoms with van der Waals surface area (Å²) in [6.45, 7) is 2.08. The zero-order valence-electron chi connectivity index (χ0n) is 13.8. The van der Waals surface area contributed by atoms with Crippen LogP contribution in [0.2, 0.25) is 0 Å². The Morgan fingerprint density at radius 2 is 2.04 bits per heavy atom.